The van der Waals surface area contributed by atoms with Crippen LogP contribution in [-0.4, -0.2) is 156 Å². The van der Waals surface area contributed by atoms with Crippen LogP contribution in [0.2, 0.25) is 0 Å². The molecule has 0 saturated carbocycles. The minimum Gasteiger partial charge on any atom is -0.504 e. The lowest BCUT2D eigenvalue weighted by Crippen LogP contribution is -2.20. The molecule has 0 aliphatic carbocycles. The molecule has 0 aliphatic heterocycles. The SMILES string of the molecule is CCCCOc1cc(C=NC)ccc1OC.CCCCOc1cc(C=O)ccc1OC.CCCCOc1cc(CN(C)CCc2ccc(N)cc2)ccc1OC.CCCCOc1cc(CN(C)CCc2ccc([N+](=O)[O-])cc2)ccc1OC.CCCCOc1cc(CNC)ccc1OC.COc1ccc(C=O)cc1O. The standard InChI is InChI=1S/C21H28N2O4.C21H30N2O2.C13H21NO2.C13H19NO2.C12H16O3.C8H8O3/c1-4-5-14-27-21-15-18(8-11-20(21)26-3)16-22(2)13-12-17-6-9-19(10-7-17)23(24)25;1-4-5-14-25-21-15-18(8-11-20(21)24-3)16-23(2)13-12-17-6-9-19(22)10-7-17;2*1-4-5-8-16-13-9-11(10-14-2)6-7-12(13)15-3;1-3-4-7-15-12-8-10(9-13)5-6-11(12)14-2;1-11-8-3-2-6(5-9)4-7(8)10/h6-11,15H,4-5,12-14,16H2,1-3H3;6-11,15H,4-5,12-14,16,22H2,1-3H3;6-7,9,14H,4-5,8,10H2,1-3H3;6-7,9-10H,4-5,8H2,1-3H3;5-6,8-9H,3-4,7H2,1-2H3;2-5,10H,1H3. The zero-order valence-electron chi connectivity index (χ0n) is 67.7. The molecule has 600 valence electrons. The third-order valence-corrected chi connectivity index (χ3v) is 16.6. The summed E-state index contributed by atoms with van der Waals surface area (Å²) in [5, 5.41) is 23.0. The Bertz CT molecular complexity index is 3880. The number of nitrogens with one attached hydrogen (secondary N) is 1. The second kappa shape index (κ2) is 56.7. The van der Waals surface area contributed by atoms with Crippen LogP contribution in [0.5, 0.6) is 69.0 Å². The van der Waals surface area contributed by atoms with Gasteiger partial charge in [0, 0.05) is 74.9 Å². The van der Waals surface area contributed by atoms with Crippen molar-refractivity contribution < 1.29 is 71.7 Å². The summed E-state index contributed by atoms with van der Waals surface area (Å²) in [4.78, 5) is 39.7. The number of benzene rings is 8. The van der Waals surface area contributed by atoms with Gasteiger partial charge in [-0.15, -0.1) is 0 Å². The number of ether oxygens (including phenoxy) is 11. The van der Waals surface area contributed by atoms with Gasteiger partial charge in [0.05, 0.1) is 80.6 Å². The number of anilines is 1. The van der Waals surface area contributed by atoms with Gasteiger partial charge in [-0.2, -0.15) is 0 Å². The van der Waals surface area contributed by atoms with Crippen LogP contribution in [0.1, 0.15) is 153 Å². The molecule has 0 bridgehead atoms. The van der Waals surface area contributed by atoms with Gasteiger partial charge >= 0.3 is 0 Å². The summed E-state index contributed by atoms with van der Waals surface area (Å²) >= 11 is 0. The number of nitro groups is 1. The van der Waals surface area contributed by atoms with Crippen molar-refractivity contribution >= 4 is 30.2 Å². The van der Waals surface area contributed by atoms with Crippen molar-refractivity contribution in [1.82, 2.24) is 15.1 Å². The quantitative estimate of drug-likeness (QED) is 0.00802. The highest BCUT2D eigenvalue weighted by atomic mass is 16.6. The Morgan fingerprint density at radius 3 is 1.07 bits per heavy atom. The number of phenolic OH excluding ortho intramolecular Hbond substituents is 1. The smallest absolute Gasteiger partial charge is 0.269 e. The minimum absolute atomic E-state index is 0.0166. The lowest BCUT2D eigenvalue weighted by Gasteiger charge is -2.18. The third kappa shape index (κ3) is 37.0. The van der Waals surface area contributed by atoms with Gasteiger partial charge < -0.3 is 78.1 Å². The molecular weight excluding hydrogens is 1400 g/mol. The maximum atomic E-state index is 10.7. The number of phenols is 1. The zero-order chi connectivity index (χ0) is 80.7. The van der Waals surface area contributed by atoms with Crippen LogP contribution < -0.4 is 63.2 Å². The van der Waals surface area contributed by atoms with Gasteiger partial charge in [0.15, 0.2) is 69.0 Å². The number of unbranched alkanes of at least 4 members (excludes halogenated alkanes) is 5. The molecule has 110 heavy (non-hydrogen) atoms. The lowest BCUT2D eigenvalue weighted by atomic mass is 10.1. The fourth-order valence-electron chi connectivity index (χ4n) is 10.2. The molecule has 0 spiro atoms. The Balaban J connectivity index is 0.000000351. The van der Waals surface area contributed by atoms with Gasteiger partial charge in [-0.25, -0.2) is 0 Å². The highest BCUT2D eigenvalue weighted by molar-refractivity contribution is 5.81. The fourth-order valence-corrected chi connectivity index (χ4v) is 10.2. The Labute approximate surface area is 654 Å². The van der Waals surface area contributed by atoms with Crippen molar-refractivity contribution in [3.8, 4) is 69.0 Å². The van der Waals surface area contributed by atoms with Crippen molar-refractivity contribution in [2.24, 2.45) is 4.99 Å². The molecule has 22 heteroatoms. The van der Waals surface area contributed by atoms with E-state index in [1.807, 2.05) is 92.0 Å². The lowest BCUT2D eigenvalue weighted by molar-refractivity contribution is -0.384. The summed E-state index contributed by atoms with van der Waals surface area (Å²) in [7, 11) is 17.6. The average molecular weight is 1520 g/mol. The van der Waals surface area contributed by atoms with Gasteiger partial charge in [0.2, 0.25) is 0 Å². The second-order valence-corrected chi connectivity index (χ2v) is 25.5. The summed E-state index contributed by atoms with van der Waals surface area (Å²) in [6.45, 7) is 18.6. The molecule has 22 nitrogen and oxygen atoms in total. The number of carbonyl (C=O) groups is 2. The van der Waals surface area contributed by atoms with Gasteiger partial charge in [0.1, 0.15) is 12.6 Å². The molecule has 4 N–H and O–H groups in total. The number of non-ortho nitro benzene ring substituents is 1. The monoisotopic (exact) mass is 1520 g/mol. The van der Waals surface area contributed by atoms with Crippen molar-refractivity contribution in [2.45, 2.75) is 131 Å². The third-order valence-electron chi connectivity index (χ3n) is 16.6. The number of nitrogens with two attached hydrogens (primary N) is 1. The summed E-state index contributed by atoms with van der Waals surface area (Å²) < 4.78 is 59.8. The number of methoxy groups -OCH3 is 6. The molecule has 0 amide bonds. The van der Waals surface area contributed by atoms with Gasteiger partial charge in [-0.3, -0.25) is 24.7 Å². The number of nitro benzene ring substituents is 1. The fraction of sp³-hybridized carbons (Fsp3) is 0.420. The van der Waals surface area contributed by atoms with Crippen LogP contribution in [0, 0.1) is 10.1 Å². The second-order valence-electron chi connectivity index (χ2n) is 25.5. The first-order valence-corrected chi connectivity index (χ1v) is 37.7. The molecule has 8 aromatic carbocycles. The van der Waals surface area contributed by atoms with Crippen LogP contribution in [0.25, 0.3) is 0 Å². The van der Waals surface area contributed by atoms with E-state index in [2.05, 4.69) is 93.1 Å². The summed E-state index contributed by atoms with van der Waals surface area (Å²) in [5.41, 5.74) is 14.7. The minimum atomic E-state index is -0.375. The number of rotatable bonds is 42. The van der Waals surface area contributed by atoms with Crippen LogP contribution >= 0.6 is 0 Å². The molecule has 0 unspecified atom stereocenters. The van der Waals surface area contributed by atoms with E-state index >= 15 is 0 Å². The van der Waals surface area contributed by atoms with E-state index in [0.717, 1.165) is 204 Å². The first kappa shape index (κ1) is 93.7. The Kier molecular flexibility index (Phi) is 48.2. The van der Waals surface area contributed by atoms with Gasteiger partial charge in [-0.1, -0.05) is 109 Å². The van der Waals surface area contributed by atoms with E-state index in [-0.39, 0.29) is 16.4 Å². The van der Waals surface area contributed by atoms with E-state index in [4.69, 9.17) is 62.9 Å². The van der Waals surface area contributed by atoms with E-state index in [1.165, 1.54) is 29.9 Å². The highest BCUT2D eigenvalue weighted by Crippen LogP contribution is 2.33. The number of hydrogen-bond acceptors (Lipinski definition) is 21. The zero-order valence-corrected chi connectivity index (χ0v) is 67.7. The van der Waals surface area contributed by atoms with E-state index in [9.17, 15) is 19.7 Å². The maximum Gasteiger partial charge on any atom is 0.269 e. The largest absolute Gasteiger partial charge is 0.504 e. The molecule has 0 saturated heterocycles. The first-order chi connectivity index (χ1) is 53.4. The number of hydrogen-bond donors (Lipinski definition) is 3. The maximum absolute atomic E-state index is 10.7. The molecule has 0 aliphatic rings. The normalized spacial score (nSPS) is 10.4. The number of nitrogen functional groups attached to an aromatic ring is 1. The molecular formula is C88H122N6O16. The van der Waals surface area contributed by atoms with Crippen molar-refractivity contribution in [3.63, 3.8) is 0 Å². The number of aldehydes is 2. The molecule has 0 aromatic heterocycles. The van der Waals surface area contributed by atoms with Crippen molar-refractivity contribution in [2.75, 3.05) is 123 Å². The molecule has 0 heterocycles. The molecule has 8 rings (SSSR count). The van der Waals surface area contributed by atoms with Crippen molar-refractivity contribution in [3.05, 3.63) is 212 Å². The summed E-state index contributed by atoms with van der Waals surface area (Å²) in [6, 6.07) is 48.5. The van der Waals surface area contributed by atoms with Crippen LogP contribution in [0.4, 0.5) is 11.4 Å². The summed E-state index contributed by atoms with van der Waals surface area (Å²) in [6.07, 6.45) is 15.8. The first-order valence-electron chi connectivity index (χ1n) is 37.7. The van der Waals surface area contributed by atoms with Crippen LogP contribution in [0.3, 0.4) is 0 Å². The number of aliphatic imine (C=N–C) groups is 1. The Hall–Kier alpha value is -10.6. The summed E-state index contributed by atoms with van der Waals surface area (Å²) in [5.74, 6) is 8.01. The number of likely N-dealkylation sites (N-methyl/N-ethyl adjacent to an activating group) is 2. The number of nitrogens with zero attached hydrogens (tertiary/aromatic N) is 4. The predicted octanol–water partition coefficient (Wildman–Crippen LogP) is 18.0. The highest BCUT2D eigenvalue weighted by Gasteiger charge is 2.13. The number of carbonyl (C=O) groups excluding carboxylic acids is 2. The molecule has 0 radical (unpaired) electrons. The van der Waals surface area contributed by atoms with Gasteiger partial charge in [0.25, 0.3) is 5.69 Å². The van der Waals surface area contributed by atoms with Crippen LogP contribution in [-0.2, 0) is 32.5 Å². The Morgan fingerprint density at radius 1 is 0.427 bits per heavy atom. The van der Waals surface area contributed by atoms with E-state index in [0.29, 0.717) is 47.9 Å². The molecule has 0 fully saturated rings. The topological polar surface area (TPSA) is 256 Å². The average Bonchev–Trinajstić information content (AvgIpc) is 0.871. The Morgan fingerprint density at radius 2 is 0.736 bits per heavy atom. The van der Waals surface area contributed by atoms with E-state index in [1.54, 1.807) is 91.3 Å². The van der Waals surface area contributed by atoms with E-state index < -0.39 is 0 Å². The molecule has 8 aromatic rings. The van der Waals surface area contributed by atoms with Crippen molar-refractivity contribution in [1.29, 1.82) is 0 Å². The van der Waals surface area contributed by atoms with Crippen LogP contribution in [0.15, 0.2) is 163 Å². The predicted molar refractivity (Wildman–Crippen MR) is 443 cm³/mol. The molecule has 0 atom stereocenters. The number of aromatic hydroxyl groups is 1. The van der Waals surface area contributed by atoms with Gasteiger partial charge in [-0.05, 0) is 203 Å².